The quantitative estimate of drug-likeness (QED) is 0.425. The van der Waals surface area contributed by atoms with Gasteiger partial charge in [0.05, 0.1) is 0 Å². The first-order chi connectivity index (χ1) is 3.15. The molecule has 0 aliphatic rings. The summed E-state index contributed by atoms with van der Waals surface area (Å²) in [5.74, 6) is 0. The van der Waals surface area contributed by atoms with E-state index in [1.54, 1.807) is 0 Å². The van der Waals surface area contributed by atoms with Crippen molar-refractivity contribution in [2.24, 2.45) is 5.14 Å². The Labute approximate surface area is 49.7 Å². The second-order valence-corrected chi connectivity index (χ2v) is 1.31. The Bertz CT molecular complexity index is 73.8. The summed E-state index contributed by atoms with van der Waals surface area (Å²) in [4.78, 5) is 0. The van der Waals surface area contributed by atoms with Gasteiger partial charge in [-0.1, -0.05) is 0 Å². The Morgan fingerprint density at radius 2 is 1.43 bits per heavy atom. The molecular weight excluding hydrogens is 181 g/mol. The molecule has 0 aromatic rings. The molecule has 0 heterocycles. The molecule has 0 radical (unpaired) electrons. The molecule has 0 spiro atoms. The summed E-state index contributed by atoms with van der Waals surface area (Å²) in [7, 11) is -2.36. The van der Waals surface area contributed by atoms with Crippen molar-refractivity contribution in [2.45, 2.75) is 0 Å². The van der Waals surface area contributed by atoms with Gasteiger partial charge in [0.1, 0.15) is 0 Å². The standard InChI is InChI=1S/2FH.H2NO2S.Zn/c;;1-4(2)3;/h2*1H;(H2,1,2,3);/q;;-1;+2/p-2. The molecule has 2 N–H and O–H groups in total. The van der Waals surface area contributed by atoms with Crippen LogP contribution in [-0.2, 0) is 37.4 Å². The molecule has 0 unspecified atom stereocenters. The van der Waals surface area contributed by atoms with Crippen molar-refractivity contribution in [3.8, 4) is 0 Å². The Balaban J connectivity index is 0. The molecule has 0 atom stereocenters. The molecule has 3 nitrogen and oxygen atoms in total. The molecule has 7 heteroatoms. The molecule has 0 aromatic heterocycles. The maximum absolute atomic E-state index is 9.81. The van der Waals surface area contributed by atoms with Crippen LogP contribution >= 0.6 is 0 Å². The van der Waals surface area contributed by atoms with Gasteiger partial charge >= 0.3 is 24.8 Å². The van der Waals surface area contributed by atoms with Crippen LogP contribution < -0.4 is 5.14 Å². The van der Waals surface area contributed by atoms with Gasteiger partial charge in [0.15, 0.2) is 0 Å². The minimum atomic E-state index is -2.88. The molecule has 0 saturated heterocycles. The van der Waals surface area contributed by atoms with E-state index in [2.05, 4.69) is 5.14 Å². The van der Waals surface area contributed by atoms with Crippen LogP contribution in [0.5, 0.6) is 0 Å². The van der Waals surface area contributed by atoms with E-state index in [9.17, 15) is 6.63 Å². The van der Waals surface area contributed by atoms with Gasteiger partial charge in [-0.3, -0.25) is 0 Å². The normalized spacial score (nSPS) is 6.29. The predicted octanol–water partition coefficient (Wildman–Crippen LogP) is 0.00730. The first kappa shape index (κ1) is 10.4. The molecule has 42 valence electrons. The van der Waals surface area contributed by atoms with Gasteiger partial charge in [-0.25, -0.2) is 0 Å². The summed E-state index contributed by atoms with van der Waals surface area (Å²) in [6.45, 7) is 0. The van der Waals surface area contributed by atoms with Gasteiger partial charge in [0.25, 0.3) is 0 Å². The van der Waals surface area contributed by atoms with E-state index in [-0.39, 0.29) is 0 Å². The maximum atomic E-state index is 9.81. The van der Waals surface area contributed by atoms with Gasteiger partial charge in [-0.15, -0.1) is 0 Å². The molecule has 7 heavy (non-hydrogen) atoms. The van der Waals surface area contributed by atoms with Gasteiger partial charge < -0.3 is 13.6 Å². The summed E-state index contributed by atoms with van der Waals surface area (Å²) < 4.78 is 37.2. The average Bonchev–Trinajstić information content (AvgIpc) is 1.33. The van der Waals surface area contributed by atoms with Crippen LogP contribution in [0, 0.1) is 0 Å². The van der Waals surface area contributed by atoms with Gasteiger partial charge in [-0.05, 0) is 10.9 Å². The van der Waals surface area contributed by atoms with E-state index in [1.165, 1.54) is 0 Å². The Morgan fingerprint density at radius 3 is 1.43 bits per heavy atom. The summed E-state index contributed by atoms with van der Waals surface area (Å²) in [6.07, 6.45) is 0. The molecule has 0 amide bonds. The number of rotatable bonds is 0. The SMILES string of the molecule is N[S-](=O)=O.[F][Zn][F]. The van der Waals surface area contributed by atoms with E-state index < -0.39 is 29.0 Å². The third-order valence-electron chi connectivity index (χ3n) is 0. The summed E-state index contributed by atoms with van der Waals surface area (Å²) >= 11 is -2.88. The van der Waals surface area contributed by atoms with Crippen LogP contribution in [0.3, 0.4) is 0 Å². The number of hydrogen-bond donors (Lipinski definition) is 1. The third-order valence-corrected chi connectivity index (χ3v) is 0. The second-order valence-electron chi connectivity index (χ2n) is 0.362. The summed E-state index contributed by atoms with van der Waals surface area (Å²) in [5, 5.41) is 4.03. The predicted molar refractivity (Wildman–Crippen MR) is 15.1 cm³/mol. The van der Waals surface area contributed by atoms with Crippen molar-refractivity contribution in [3.05, 3.63) is 0 Å². The Kier molecular flexibility index (Phi) is 14.3. The molecule has 0 saturated carbocycles. The zero-order valence-electron chi connectivity index (χ0n) is 3.27. The van der Waals surface area contributed by atoms with Crippen molar-refractivity contribution >= 4 is 10.9 Å². The fraction of sp³-hybridized carbons (Fsp3) is 0. The molecule has 0 rings (SSSR count). The van der Waals surface area contributed by atoms with Crippen LogP contribution in [-0.4, -0.2) is 0 Å². The number of halogens is 2. The van der Waals surface area contributed by atoms with Crippen LogP contribution in [0.25, 0.3) is 0 Å². The summed E-state index contributed by atoms with van der Waals surface area (Å²) in [5.41, 5.74) is 0. The Hall–Kier alpha value is 0.393. The fourth-order valence-corrected chi connectivity index (χ4v) is 0. The van der Waals surface area contributed by atoms with Gasteiger partial charge in [0, 0.05) is 0 Å². The molecule has 0 aliphatic carbocycles. The van der Waals surface area contributed by atoms with Crippen molar-refractivity contribution in [3.63, 3.8) is 0 Å². The molecule has 0 fully saturated rings. The second kappa shape index (κ2) is 9.64. The van der Waals surface area contributed by atoms with Crippen molar-refractivity contribution in [1.82, 2.24) is 0 Å². The zero-order valence-corrected chi connectivity index (χ0v) is 7.05. The van der Waals surface area contributed by atoms with Gasteiger partial charge in [-0.2, -0.15) is 0 Å². The number of hydrogen-bond acceptors (Lipinski definition) is 3. The zero-order chi connectivity index (χ0) is 6.28. The molecular formula is H2F2NO2SZn-. The van der Waals surface area contributed by atoms with E-state index in [4.69, 9.17) is 8.42 Å². The van der Waals surface area contributed by atoms with Crippen LogP contribution in [0.1, 0.15) is 0 Å². The molecule has 0 aromatic carbocycles. The first-order valence-corrected chi connectivity index (χ1v) is 4.48. The third kappa shape index (κ3) is 797. The average molecular weight is 183 g/mol. The summed E-state index contributed by atoms with van der Waals surface area (Å²) in [6, 6.07) is 0. The van der Waals surface area contributed by atoms with Crippen LogP contribution in [0.2, 0.25) is 0 Å². The van der Waals surface area contributed by atoms with E-state index in [0.29, 0.717) is 0 Å². The fourth-order valence-electron chi connectivity index (χ4n) is 0. The van der Waals surface area contributed by atoms with Gasteiger partial charge in [0.2, 0.25) is 0 Å². The van der Waals surface area contributed by atoms with Crippen LogP contribution in [0.4, 0.5) is 6.63 Å². The van der Waals surface area contributed by atoms with Crippen molar-refractivity contribution in [1.29, 1.82) is 0 Å². The molecule has 0 aliphatic heterocycles. The first-order valence-electron chi connectivity index (χ1n) is 1.10. The number of nitrogens with two attached hydrogens (primary N) is 1. The van der Waals surface area contributed by atoms with Crippen LogP contribution in [0.15, 0.2) is 0 Å². The van der Waals surface area contributed by atoms with Crippen molar-refractivity contribution in [2.75, 3.05) is 0 Å². The minimum absolute atomic E-state index is 2.36. The van der Waals surface area contributed by atoms with Crippen molar-refractivity contribution < 1.29 is 33.2 Å². The monoisotopic (exact) mass is 182 g/mol. The van der Waals surface area contributed by atoms with E-state index in [0.717, 1.165) is 0 Å². The Morgan fingerprint density at radius 1 is 1.43 bits per heavy atom. The topological polar surface area (TPSA) is 60.2 Å². The molecule has 0 bridgehead atoms. The van der Waals surface area contributed by atoms with E-state index in [1.807, 2.05) is 0 Å². The van der Waals surface area contributed by atoms with E-state index >= 15 is 0 Å².